The van der Waals surface area contributed by atoms with Gasteiger partial charge in [-0.15, -0.1) is 0 Å². The van der Waals surface area contributed by atoms with Crippen molar-refractivity contribution in [1.29, 1.82) is 5.26 Å². The van der Waals surface area contributed by atoms with E-state index in [9.17, 15) is 14.0 Å². The lowest BCUT2D eigenvalue weighted by atomic mass is 9.97. The number of rotatable bonds is 3. The van der Waals surface area contributed by atoms with Gasteiger partial charge in [-0.25, -0.2) is 4.39 Å². The van der Waals surface area contributed by atoms with E-state index in [0.29, 0.717) is 18.8 Å². The Labute approximate surface area is 139 Å². The molecule has 1 heterocycles. The summed E-state index contributed by atoms with van der Waals surface area (Å²) in [5, 5.41) is 9.16. The molecule has 1 aliphatic heterocycles. The first kappa shape index (κ1) is 15.4. The smallest absolute Gasteiger partial charge is 0.233 e. The molecule has 3 rings (SSSR count). The number of nitrogens with zero attached hydrogens (tertiary/aromatic N) is 1. The van der Waals surface area contributed by atoms with Gasteiger partial charge in [-0.05, 0) is 51.8 Å². The second-order valence-corrected chi connectivity index (χ2v) is 5.86. The number of ketones is 2. The summed E-state index contributed by atoms with van der Waals surface area (Å²) < 4.78 is 18.7. The molecular weight excluding hydrogens is 365 g/mol. The van der Waals surface area contributed by atoms with Crippen LogP contribution >= 0.6 is 15.9 Å². The highest BCUT2D eigenvalue weighted by Crippen LogP contribution is 2.31. The zero-order valence-electron chi connectivity index (χ0n) is 11.7. The van der Waals surface area contributed by atoms with Crippen LogP contribution in [0.25, 0.3) is 0 Å². The standard InChI is InChI=1S/C17H9BrFNO3/c18-13-7-9(1-2-14(13)19)15(21)16(22)11-5-10-3-4-23-17(10)12(6-11)8-20/h1-2,5-7H,3-4H2. The third-order valence-corrected chi connectivity index (χ3v) is 4.16. The van der Waals surface area contributed by atoms with Gasteiger partial charge in [0.25, 0.3) is 0 Å². The van der Waals surface area contributed by atoms with Crippen LogP contribution in [-0.4, -0.2) is 18.2 Å². The van der Waals surface area contributed by atoms with Gasteiger partial charge in [0.2, 0.25) is 11.6 Å². The molecule has 0 radical (unpaired) electrons. The molecule has 0 unspecified atom stereocenters. The van der Waals surface area contributed by atoms with E-state index in [1.54, 1.807) is 6.07 Å². The average Bonchev–Trinajstić information content (AvgIpc) is 3.03. The van der Waals surface area contributed by atoms with Crippen LogP contribution in [0.2, 0.25) is 0 Å². The molecule has 0 aromatic heterocycles. The lowest BCUT2D eigenvalue weighted by Crippen LogP contribution is -2.15. The molecule has 6 heteroatoms. The van der Waals surface area contributed by atoms with Gasteiger partial charge < -0.3 is 4.74 Å². The minimum atomic E-state index is -0.756. The van der Waals surface area contributed by atoms with Gasteiger partial charge in [-0.1, -0.05) is 0 Å². The predicted molar refractivity (Wildman–Crippen MR) is 83.1 cm³/mol. The molecule has 0 spiro atoms. The molecule has 2 aromatic carbocycles. The van der Waals surface area contributed by atoms with Gasteiger partial charge in [-0.3, -0.25) is 9.59 Å². The van der Waals surface area contributed by atoms with E-state index in [-0.39, 0.29) is 21.2 Å². The number of Topliss-reactive ketones (excluding diaryl/α,β-unsaturated/α-hetero) is 2. The maximum absolute atomic E-state index is 13.2. The van der Waals surface area contributed by atoms with Crippen LogP contribution in [0.5, 0.6) is 5.75 Å². The molecule has 2 aromatic rings. The first-order valence-electron chi connectivity index (χ1n) is 6.75. The summed E-state index contributed by atoms with van der Waals surface area (Å²) in [7, 11) is 0. The van der Waals surface area contributed by atoms with E-state index in [2.05, 4.69) is 15.9 Å². The number of fused-ring (bicyclic) bond motifs is 1. The molecule has 0 N–H and O–H groups in total. The van der Waals surface area contributed by atoms with Crippen molar-refractivity contribution in [3.8, 4) is 11.8 Å². The maximum Gasteiger partial charge on any atom is 0.233 e. The van der Waals surface area contributed by atoms with Gasteiger partial charge in [0.05, 0.1) is 16.6 Å². The highest BCUT2D eigenvalue weighted by molar-refractivity contribution is 9.10. The number of nitriles is 1. The van der Waals surface area contributed by atoms with E-state index in [0.717, 1.165) is 11.6 Å². The van der Waals surface area contributed by atoms with Crippen molar-refractivity contribution in [1.82, 2.24) is 0 Å². The molecule has 0 fully saturated rings. The highest BCUT2D eigenvalue weighted by Gasteiger charge is 2.24. The SMILES string of the molecule is N#Cc1cc(C(=O)C(=O)c2ccc(F)c(Br)c2)cc2c1OCC2. The fourth-order valence-electron chi connectivity index (χ4n) is 2.42. The molecule has 0 saturated carbocycles. The van der Waals surface area contributed by atoms with E-state index < -0.39 is 17.4 Å². The summed E-state index contributed by atoms with van der Waals surface area (Å²) in [6.07, 6.45) is 0.585. The van der Waals surface area contributed by atoms with Crippen molar-refractivity contribution in [3.63, 3.8) is 0 Å². The summed E-state index contributed by atoms with van der Waals surface area (Å²) in [5.74, 6) is -1.54. The summed E-state index contributed by atoms with van der Waals surface area (Å²) >= 11 is 2.99. The van der Waals surface area contributed by atoms with Gasteiger partial charge >= 0.3 is 0 Å². The Morgan fingerprint density at radius 1 is 1.17 bits per heavy atom. The summed E-state index contributed by atoms with van der Waals surface area (Å²) in [5.41, 5.74) is 1.19. The Bertz CT molecular complexity index is 886. The van der Waals surface area contributed by atoms with E-state index in [4.69, 9.17) is 10.00 Å². The number of carbonyl (C=O) groups excluding carboxylic acids is 2. The van der Waals surface area contributed by atoms with Crippen molar-refractivity contribution < 1.29 is 18.7 Å². The molecule has 1 aliphatic rings. The average molecular weight is 374 g/mol. The second-order valence-electron chi connectivity index (χ2n) is 5.01. The first-order chi connectivity index (χ1) is 11.0. The molecular formula is C17H9BrFNO3. The van der Waals surface area contributed by atoms with Gasteiger partial charge in [0.15, 0.2) is 0 Å². The van der Waals surface area contributed by atoms with Crippen LogP contribution in [0, 0.1) is 17.1 Å². The number of carbonyl (C=O) groups is 2. The molecule has 0 aliphatic carbocycles. The summed E-state index contributed by atoms with van der Waals surface area (Å²) in [6, 6.07) is 8.52. The van der Waals surface area contributed by atoms with E-state index in [1.807, 2.05) is 6.07 Å². The topological polar surface area (TPSA) is 67.2 Å². The van der Waals surface area contributed by atoms with Crippen molar-refractivity contribution in [2.75, 3.05) is 6.61 Å². The van der Waals surface area contributed by atoms with Gasteiger partial charge in [0, 0.05) is 17.5 Å². The monoisotopic (exact) mass is 373 g/mol. The van der Waals surface area contributed by atoms with Crippen molar-refractivity contribution in [2.45, 2.75) is 6.42 Å². The Balaban J connectivity index is 1.99. The second kappa shape index (κ2) is 5.94. The number of hydrogen-bond acceptors (Lipinski definition) is 4. The number of halogens is 2. The lowest BCUT2D eigenvalue weighted by molar-refractivity contribution is 0.0817. The van der Waals surface area contributed by atoms with E-state index >= 15 is 0 Å². The van der Waals surface area contributed by atoms with Crippen molar-refractivity contribution in [3.05, 3.63) is 62.9 Å². The molecule has 4 nitrogen and oxygen atoms in total. The van der Waals surface area contributed by atoms with E-state index in [1.165, 1.54) is 18.2 Å². The van der Waals surface area contributed by atoms with Crippen LogP contribution in [-0.2, 0) is 6.42 Å². The van der Waals surface area contributed by atoms with Gasteiger partial charge in [-0.2, -0.15) is 5.26 Å². The summed E-state index contributed by atoms with van der Waals surface area (Å²) in [4.78, 5) is 24.7. The molecule has 0 saturated heterocycles. The highest BCUT2D eigenvalue weighted by atomic mass is 79.9. The zero-order valence-corrected chi connectivity index (χ0v) is 13.3. The molecule has 114 valence electrons. The molecule has 0 amide bonds. The number of hydrogen-bond donors (Lipinski definition) is 0. The third-order valence-electron chi connectivity index (χ3n) is 3.55. The van der Waals surface area contributed by atoms with Gasteiger partial charge in [0.1, 0.15) is 17.6 Å². The minimum absolute atomic E-state index is 0.0820. The quantitative estimate of drug-likeness (QED) is 0.610. The fraction of sp³-hybridized carbons (Fsp3) is 0.118. The normalized spacial score (nSPS) is 12.2. The molecule has 0 atom stereocenters. The van der Waals surface area contributed by atoms with Crippen LogP contribution in [0.4, 0.5) is 4.39 Å². The van der Waals surface area contributed by atoms with Crippen LogP contribution < -0.4 is 4.74 Å². The number of benzene rings is 2. The van der Waals surface area contributed by atoms with Crippen LogP contribution in [0.1, 0.15) is 31.8 Å². The predicted octanol–water partition coefficient (Wildman–Crippen LogP) is 3.46. The zero-order chi connectivity index (χ0) is 16.6. The molecule has 23 heavy (non-hydrogen) atoms. The minimum Gasteiger partial charge on any atom is -0.492 e. The Kier molecular flexibility index (Phi) is 3.97. The van der Waals surface area contributed by atoms with Crippen molar-refractivity contribution in [2.24, 2.45) is 0 Å². The Hall–Kier alpha value is -2.52. The molecule has 0 bridgehead atoms. The maximum atomic E-state index is 13.2. The van der Waals surface area contributed by atoms with Crippen molar-refractivity contribution >= 4 is 27.5 Å². The Morgan fingerprint density at radius 3 is 2.61 bits per heavy atom. The largest absolute Gasteiger partial charge is 0.492 e. The van der Waals surface area contributed by atoms with Crippen LogP contribution in [0.3, 0.4) is 0 Å². The first-order valence-corrected chi connectivity index (χ1v) is 7.54. The fourth-order valence-corrected chi connectivity index (χ4v) is 2.80. The third kappa shape index (κ3) is 2.76. The summed E-state index contributed by atoms with van der Waals surface area (Å²) in [6.45, 7) is 0.445. The van der Waals surface area contributed by atoms with Crippen LogP contribution in [0.15, 0.2) is 34.8 Å². The Morgan fingerprint density at radius 2 is 1.91 bits per heavy atom. The number of ether oxygens (including phenoxy) is 1. The lowest BCUT2D eigenvalue weighted by Gasteiger charge is -2.06.